The van der Waals surface area contributed by atoms with Gasteiger partial charge in [0.25, 0.3) is 0 Å². The number of alkyl halides is 1. The van der Waals surface area contributed by atoms with Gasteiger partial charge in [0.2, 0.25) is 0 Å². The summed E-state index contributed by atoms with van der Waals surface area (Å²) in [7, 11) is 0. The van der Waals surface area contributed by atoms with Gasteiger partial charge in [-0.1, -0.05) is 6.42 Å². The van der Waals surface area contributed by atoms with Gasteiger partial charge in [-0.25, -0.2) is 9.37 Å². The molecule has 1 aliphatic carbocycles. The fourth-order valence-corrected chi connectivity index (χ4v) is 4.61. The van der Waals surface area contributed by atoms with E-state index in [-0.39, 0.29) is 0 Å². The molecule has 3 heterocycles. The van der Waals surface area contributed by atoms with Crippen molar-refractivity contribution >= 4 is 16.7 Å². The van der Waals surface area contributed by atoms with E-state index in [1.165, 1.54) is 36.3 Å². The first-order valence-electron chi connectivity index (χ1n) is 9.90. The van der Waals surface area contributed by atoms with Crippen LogP contribution in [-0.2, 0) is 13.0 Å². The largest absolute Gasteiger partial charge is 0.371 e. The van der Waals surface area contributed by atoms with Crippen molar-refractivity contribution in [3.8, 4) is 0 Å². The highest BCUT2D eigenvalue weighted by molar-refractivity contribution is 5.80. The van der Waals surface area contributed by atoms with E-state index < -0.39 is 6.17 Å². The zero-order valence-electron chi connectivity index (χ0n) is 14.8. The molecule has 5 rings (SSSR count). The van der Waals surface area contributed by atoms with E-state index in [9.17, 15) is 4.39 Å². The Morgan fingerprint density at radius 3 is 2.56 bits per heavy atom. The van der Waals surface area contributed by atoms with E-state index in [1.807, 2.05) is 0 Å². The van der Waals surface area contributed by atoms with E-state index in [0.29, 0.717) is 12.8 Å². The SMILES string of the molecule is FC1CCN(c2ccc3c(c2)nc2n3CCN(C3CCC3)CC2)CC1. The van der Waals surface area contributed by atoms with Crippen molar-refractivity contribution < 1.29 is 4.39 Å². The van der Waals surface area contributed by atoms with Crippen LogP contribution in [-0.4, -0.2) is 52.8 Å². The third-order valence-electron chi connectivity index (χ3n) is 6.43. The standard InChI is InChI=1S/C20H27FN4/c21-15-6-9-23(10-7-15)17-4-5-19-18(14-17)22-20-8-11-24(12-13-25(19)20)16-2-1-3-16/h4-5,14-16H,1-3,6-13H2. The molecule has 1 saturated carbocycles. The summed E-state index contributed by atoms with van der Waals surface area (Å²) in [5.74, 6) is 1.23. The summed E-state index contributed by atoms with van der Waals surface area (Å²) in [5.41, 5.74) is 3.56. The Bertz CT molecular complexity index is 758. The van der Waals surface area contributed by atoms with E-state index in [0.717, 1.165) is 50.7 Å². The number of aromatic nitrogens is 2. The predicted octanol–water partition coefficient (Wildman–Crippen LogP) is 3.39. The first-order valence-corrected chi connectivity index (χ1v) is 9.90. The second-order valence-corrected chi connectivity index (χ2v) is 7.89. The lowest BCUT2D eigenvalue weighted by atomic mass is 9.91. The lowest BCUT2D eigenvalue weighted by molar-refractivity contribution is 0.130. The molecule has 1 saturated heterocycles. The summed E-state index contributed by atoms with van der Waals surface area (Å²) in [6, 6.07) is 7.45. The Kier molecular flexibility index (Phi) is 3.92. The van der Waals surface area contributed by atoms with E-state index >= 15 is 0 Å². The smallest absolute Gasteiger partial charge is 0.111 e. The number of piperidine rings is 1. The third kappa shape index (κ3) is 2.82. The molecule has 0 bridgehead atoms. The molecule has 0 atom stereocenters. The fraction of sp³-hybridized carbons (Fsp3) is 0.650. The van der Waals surface area contributed by atoms with Gasteiger partial charge in [-0.2, -0.15) is 0 Å². The number of fused-ring (bicyclic) bond motifs is 3. The molecule has 5 heteroatoms. The number of imidazole rings is 1. The predicted molar refractivity (Wildman–Crippen MR) is 99.0 cm³/mol. The van der Waals surface area contributed by atoms with E-state index in [2.05, 4.69) is 32.6 Å². The van der Waals surface area contributed by atoms with Crippen molar-refractivity contribution in [3.63, 3.8) is 0 Å². The molecule has 1 aromatic carbocycles. The molecule has 0 radical (unpaired) electrons. The van der Waals surface area contributed by atoms with E-state index in [4.69, 9.17) is 4.98 Å². The Hall–Kier alpha value is -1.62. The second-order valence-electron chi connectivity index (χ2n) is 7.89. The number of hydrogen-bond acceptors (Lipinski definition) is 3. The second kappa shape index (κ2) is 6.27. The van der Waals surface area contributed by atoms with Gasteiger partial charge >= 0.3 is 0 Å². The normalized spacial score (nSPS) is 23.5. The minimum Gasteiger partial charge on any atom is -0.371 e. The summed E-state index contributed by atoms with van der Waals surface area (Å²) in [5, 5.41) is 0. The maximum atomic E-state index is 13.4. The van der Waals surface area contributed by atoms with Gasteiger partial charge in [0, 0.05) is 50.9 Å². The molecular weight excluding hydrogens is 315 g/mol. The summed E-state index contributed by atoms with van der Waals surface area (Å²) < 4.78 is 15.8. The summed E-state index contributed by atoms with van der Waals surface area (Å²) in [6.07, 6.45) is 5.88. The Balaban J connectivity index is 1.38. The monoisotopic (exact) mass is 342 g/mol. The first kappa shape index (κ1) is 15.6. The number of rotatable bonds is 2. The first-order chi connectivity index (χ1) is 12.3. The highest BCUT2D eigenvalue weighted by atomic mass is 19.1. The molecular formula is C20H27FN4. The average molecular weight is 342 g/mol. The van der Waals surface area contributed by atoms with Crippen LogP contribution in [0.5, 0.6) is 0 Å². The van der Waals surface area contributed by atoms with Crippen LogP contribution in [0.15, 0.2) is 18.2 Å². The van der Waals surface area contributed by atoms with Gasteiger partial charge in [-0.15, -0.1) is 0 Å². The summed E-state index contributed by atoms with van der Waals surface area (Å²) in [4.78, 5) is 9.93. The topological polar surface area (TPSA) is 24.3 Å². The van der Waals surface area contributed by atoms with Crippen molar-refractivity contribution in [3.05, 3.63) is 24.0 Å². The van der Waals surface area contributed by atoms with Crippen LogP contribution in [0, 0.1) is 0 Å². The molecule has 4 nitrogen and oxygen atoms in total. The molecule has 2 fully saturated rings. The lowest BCUT2D eigenvalue weighted by Gasteiger charge is -2.36. The zero-order chi connectivity index (χ0) is 16.8. The number of halogens is 1. The molecule has 1 aromatic heterocycles. The molecule has 0 amide bonds. The van der Waals surface area contributed by atoms with Gasteiger partial charge in [0.15, 0.2) is 0 Å². The number of anilines is 1. The quantitative estimate of drug-likeness (QED) is 0.836. The van der Waals surface area contributed by atoms with Gasteiger partial charge in [-0.3, -0.25) is 4.90 Å². The van der Waals surface area contributed by atoms with Gasteiger partial charge in [0.1, 0.15) is 12.0 Å². The fourth-order valence-electron chi connectivity index (χ4n) is 4.61. The minimum atomic E-state index is -0.623. The van der Waals surface area contributed by atoms with Crippen LogP contribution in [0.25, 0.3) is 11.0 Å². The number of hydrogen-bond donors (Lipinski definition) is 0. The molecule has 2 aromatic rings. The Morgan fingerprint density at radius 2 is 1.80 bits per heavy atom. The van der Waals surface area contributed by atoms with Gasteiger partial charge in [0.05, 0.1) is 11.0 Å². The van der Waals surface area contributed by atoms with E-state index in [1.54, 1.807) is 0 Å². The third-order valence-corrected chi connectivity index (χ3v) is 6.43. The maximum absolute atomic E-state index is 13.4. The van der Waals surface area contributed by atoms with Crippen LogP contribution in [0.4, 0.5) is 10.1 Å². The van der Waals surface area contributed by atoms with Gasteiger partial charge < -0.3 is 9.47 Å². The zero-order valence-corrected chi connectivity index (χ0v) is 14.8. The van der Waals surface area contributed by atoms with Crippen molar-refractivity contribution in [2.24, 2.45) is 0 Å². The van der Waals surface area contributed by atoms with Crippen molar-refractivity contribution in [2.45, 2.75) is 57.3 Å². The van der Waals surface area contributed by atoms with Crippen LogP contribution in [0.3, 0.4) is 0 Å². The molecule has 25 heavy (non-hydrogen) atoms. The van der Waals surface area contributed by atoms with Gasteiger partial charge in [-0.05, 0) is 43.9 Å². The molecule has 0 unspecified atom stereocenters. The maximum Gasteiger partial charge on any atom is 0.111 e. The van der Waals surface area contributed by atoms with Crippen LogP contribution in [0.1, 0.15) is 37.9 Å². The van der Waals surface area contributed by atoms with Crippen molar-refractivity contribution in [1.29, 1.82) is 0 Å². The summed E-state index contributed by atoms with van der Waals surface area (Å²) >= 11 is 0. The number of nitrogens with zero attached hydrogens (tertiary/aromatic N) is 4. The van der Waals surface area contributed by atoms with Crippen molar-refractivity contribution in [1.82, 2.24) is 14.5 Å². The highest BCUT2D eigenvalue weighted by Crippen LogP contribution is 2.29. The highest BCUT2D eigenvalue weighted by Gasteiger charge is 2.27. The average Bonchev–Trinajstić information content (AvgIpc) is 2.80. The molecule has 0 spiro atoms. The molecule has 3 aliphatic rings. The molecule has 0 N–H and O–H groups in total. The molecule has 2 aliphatic heterocycles. The number of benzene rings is 1. The Labute approximate surface area is 148 Å². The van der Waals surface area contributed by atoms with Crippen molar-refractivity contribution in [2.75, 3.05) is 31.1 Å². The van der Waals surface area contributed by atoms with Crippen LogP contribution in [0.2, 0.25) is 0 Å². The van der Waals surface area contributed by atoms with Crippen LogP contribution < -0.4 is 4.90 Å². The lowest BCUT2D eigenvalue weighted by Crippen LogP contribution is -2.41. The summed E-state index contributed by atoms with van der Waals surface area (Å²) in [6.45, 7) is 4.97. The Morgan fingerprint density at radius 1 is 0.960 bits per heavy atom. The van der Waals surface area contributed by atoms with Crippen LogP contribution >= 0.6 is 0 Å². The minimum absolute atomic E-state index is 0.623. The molecule has 134 valence electrons.